The number of nitrogens with one attached hydrogen (secondary N) is 2. The molecular formula is C21H18N4O3. The molecule has 0 radical (unpaired) electrons. The van der Waals surface area contributed by atoms with Crippen molar-refractivity contribution in [2.45, 2.75) is 12.5 Å². The van der Waals surface area contributed by atoms with E-state index in [0.717, 1.165) is 16.5 Å². The number of imide groups is 1. The number of hydrogen-bond acceptors (Lipinski definition) is 4. The molecule has 0 aliphatic carbocycles. The number of H-pyrrole nitrogens is 1. The van der Waals surface area contributed by atoms with Gasteiger partial charge in [0.25, 0.3) is 5.91 Å². The summed E-state index contributed by atoms with van der Waals surface area (Å²) in [5.74, 6) is 0.333. The fourth-order valence-corrected chi connectivity index (χ4v) is 3.33. The van der Waals surface area contributed by atoms with Gasteiger partial charge in [-0.15, -0.1) is 0 Å². The number of urea groups is 1. The Morgan fingerprint density at radius 1 is 1.11 bits per heavy atom. The lowest BCUT2D eigenvalue weighted by atomic mass is 10.1. The van der Waals surface area contributed by atoms with Gasteiger partial charge in [-0.2, -0.15) is 5.26 Å². The largest absolute Gasteiger partial charge is 0.492 e. The molecule has 1 atom stereocenters. The predicted molar refractivity (Wildman–Crippen MR) is 103 cm³/mol. The van der Waals surface area contributed by atoms with E-state index in [4.69, 9.17) is 10.00 Å². The number of aromatic nitrogens is 1. The van der Waals surface area contributed by atoms with Crippen molar-refractivity contribution >= 4 is 22.8 Å². The van der Waals surface area contributed by atoms with Crippen LogP contribution in [0.3, 0.4) is 0 Å². The normalized spacial score (nSPS) is 16.2. The molecule has 1 fully saturated rings. The van der Waals surface area contributed by atoms with Gasteiger partial charge >= 0.3 is 6.03 Å². The number of carbonyl (C=O) groups is 2. The van der Waals surface area contributed by atoms with E-state index < -0.39 is 12.1 Å². The molecule has 4 rings (SSSR count). The van der Waals surface area contributed by atoms with Crippen molar-refractivity contribution in [3.8, 4) is 11.8 Å². The van der Waals surface area contributed by atoms with Crippen LogP contribution in [0.15, 0.2) is 54.7 Å². The first-order chi connectivity index (χ1) is 13.7. The molecule has 0 spiro atoms. The molecule has 140 valence electrons. The molecule has 0 unspecified atom stereocenters. The van der Waals surface area contributed by atoms with Crippen LogP contribution in [0.4, 0.5) is 4.79 Å². The van der Waals surface area contributed by atoms with Crippen LogP contribution >= 0.6 is 0 Å². The van der Waals surface area contributed by atoms with Gasteiger partial charge in [0.2, 0.25) is 0 Å². The van der Waals surface area contributed by atoms with Crippen LogP contribution in [-0.4, -0.2) is 41.0 Å². The van der Waals surface area contributed by atoms with Gasteiger partial charge in [0.05, 0.1) is 18.2 Å². The van der Waals surface area contributed by atoms with Crippen molar-refractivity contribution in [1.82, 2.24) is 15.2 Å². The van der Waals surface area contributed by atoms with Gasteiger partial charge in [-0.05, 0) is 35.9 Å². The van der Waals surface area contributed by atoms with E-state index in [1.54, 1.807) is 24.3 Å². The molecule has 1 aliphatic heterocycles. The smallest absolute Gasteiger partial charge is 0.324 e. The molecule has 3 aromatic rings. The van der Waals surface area contributed by atoms with Crippen molar-refractivity contribution in [3.05, 3.63) is 65.9 Å². The second kappa shape index (κ2) is 7.45. The van der Waals surface area contributed by atoms with Crippen LogP contribution in [-0.2, 0) is 11.2 Å². The highest BCUT2D eigenvalue weighted by atomic mass is 16.5. The van der Waals surface area contributed by atoms with Crippen molar-refractivity contribution in [2.75, 3.05) is 13.2 Å². The van der Waals surface area contributed by atoms with Crippen molar-refractivity contribution < 1.29 is 14.3 Å². The zero-order chi connectivity index (χ0) is 19.5. The number of para-hydroxylation sites is 1. The van der Waals surface area contributed by atoms with Gasteiger partial charge < -0.3 is 15.0 Å². The molecule has 0 bridgehead atoms. The molecule has 3 amide bonds. The number of benzene rings is 2. The fourth-order valence-electron chi connectivity index (χ4n) is 3.33. The predicted octanol–water partition coefficient (Wildman–Crippen LogP) is 2.58. The van der Waals surface area contributed by atoms with E-state index >= 15 is 0 Å². The minimum absolute atomic E-state index is 0.162. The SMILES string of the molecule is N#Cc1ccc(OCCN2C(=O)N[C@H](Cc3c[nH]c4ccccc34)C2=O)cc1. The van der Waals surface area contributed by atoms with E-state index in [-0.39, 0.29) is 19.1 Å². The zero-order valence-corrected chi connectivity index (χ0v) is 15.0. The minimum Gasteiger partial charge on any atom is -0.492 e. The lowest BCUT2D eigenvalue weighted by Crippen LogP contribution is -2.35. The Balaban J connectivity index is 1.36. The van der Waals surface area contributed by atoms with Crippen LogP contribution in [0.25, 0.3) is 10.9 Å². The van der Waals surface area contributed by atoms with Gasteiger partial charge in [0, 0.05) is 23.5 Å². The quantitative estimate of drug-likeness (QED) is 0.648. The third-order valence-corrected chi connectivity index (χ3v) is 4.77. The first-order valence-corrected chi connectivity index (χ1v) is 8.95. The lowest BCUT2D eigenvalue weighted by Gasteiger charge is -2.13. The van der Waals surface area contributed by atoms with Crippen molar-refractivity contribution in [1.29, 1.82) is 5.26 Å². The van der Waals surface area contributed by atoms with E-state index in [0.29, 0.717) is 17.7 Å². The number of aromatic amines is 1. The van der Waals surface area contributed by atoms with Crippen LogP contribution in [0.1, 0.15) is 11.1 Å². The molecule has 2 heterocycles. The summed E-state index contributed by atoms with van der Waals surface area (Å²) in [6, 6.07) is 15.6. The van der Waals surface area contributed by atoms with Crippen LogP contribution < -0.4 is 10.1 Å². The summed E-state index contributed by atoms with van der Waals surface area (Å²) in [5.41, 5.74) is 2.54. The number of fused-ring (bicyclic) bond motifs is 1. The highest BCUT2D eigenvalue weighted by Gasteiger charge is 2.37. The first-order valence-electron chi connectivity index (χ1n) is 8.95. The van der Waals surface area contributed by atoms with Gasteiger partial charge in [-0.3, -0.25) is 9.69 Å². The Kier molecular flexibility index (Phi) is 4.68. The third kappa shape index (κ3) is 3.40. The maximum absolute atomic E-state index is 12.6. The van der Waals surface area contributed by atoms with Crippen LogP contribution in [0.5, 0.6) is 5.75 Å². The number of ether oxygens (including phenoxy) is 1. The number of hydrogen-bond donors (Lipinski definition) is 2. The Bertz CT molecular complexity index is 1070. The molecule has 7 nitrogen and oxygen atoms in total. The highest BCUT2D eigenvalue weighted by molar-refractivity contribution is 6.04. The summed E-state index contributed by atoms with van der Waals surface area (Å²) < 4.78 is 5.57. The first kappa shape index (κ1) is 17.6. The number of amides is 3. The molecule has 1 saturated heterocycles. The molecule has 0 saturated carbocycles. The van der Waals surface area contributed by atoms with Crippen LogP contribution in [0, 0.1) is 11.3 Å². The number of rotatable bonds is 6. The Hall–Kier alpha value is -3.79. The van der Waals surface area contributed by atoms with E-state index in [2.05, 4.69) is 10.3 Å². The van der Waals surface area contributed by atoms with Crippen molar-refractivity contribution in [2.24, 2.45) is 0 Å². The second-order valence-corrected chi connectivity index (χ2v) is 6.54. The molecule has 2 aromatic carbocycles. The van der Waals surface area contributed by atoms with Gasteiger partial charge in [-0.25, -0.2) is 4.79 Å². The Morgan fingerprint density at radius 2 is 1.89 bits per heavy atom. The molecule has 2 N–H and O–H groups in total. The Labute approximate surface area is 161 Å². The van der Waals surface area contributed by atoms with Gasteiger partial charge in [-0.1, -0.05) is 18.2 Å². The zero-order valence-electron chi connectivity index (χ0n) is 15.0. The monoisotopic (exact) mass is 374 g/mol. The number of carbonyl (C=O) groups excluding carboxylic acids is 2. The van der Waals surface area contributed by atoms with Crippen molar-refractivity contribution in [3.63, 3.8) is 0 Å². The lowest BCUT2D eigenvalue weighted by molar-refractivity contribution is -0.127. The summed E-state index contributed by atoms with van der Waals surface area (Å²) >= 11 is 0. The summed E-state index contributed by atoms with van der Waals surface area (Å²) in [6.07, 6.45) is 2.31. The second-order valence-electron chi connectivity index (χ2n) is 6.54. The molecular weight excluding hydrogens is 356 g/mol. The summed E-state index contributed by atoms with van der Waals surface area (Å²) in [5, 5.41) is 12.6. The number of nitrogens with zero attached hydrogens (tertiary/aromatic N) is 2. The Morgan fingerprint density at radius 3 is 2.68 bits per heavy atom. The minimum atomic E-state index is -0.582. The maximum Gasteiger partial charge on any atom is 0.324 e. The highest BCUT2D eigenvalue weighted by Crippen LogP contribution is 2.21. The van der Waals surface area contributed by atoms with E-state index in [9.17, 15) is 9.59 Å². The average Bonchev–Trinajstić information content (AvgIpc) is 3.24. The number of nitriles is 1. The molecule has 28 heavy (non-hydrogen) atoms. The molecule has 1 aliphatic rings. The third-order valence-electron chi connectivity index (χ3n) is 4.77. The fraction of sp³-hybridized carbons (Fsp3) is 0.190. The standard InChI is InChI=1S/C21H18N4O3/c22-12-14-5-7-16(8-6-14)28-10-9-25-20(26)19(24-21(25)27)11-15-13-23-18-4-2-1-3-17(15)18/h1-8,13,19,23H,9-11H2,(H,24,27)/t19-/m1/s1. The summed E-state index contributed by atoms with van der Waals surface area (Å²) in [4.78, 5) is 29.2. The van der Waals surface area contributed by atoms with Gasteiger partial charge in [0.15, 0.2) is 0 Å². The average molecular weight is 374 g/mol. The summed E-state index contributed by atoms with van der Waals surface area (Å²) in [7, 11) is 0. The van der Waals surface area contributed by atoms with E-state index in [1.807, 2.05) is 36.5 Å². The molecule has 1 aromatic heterocycles. The maximum atomic E-state index is 12.6. The van der Waals surface area contributed by atoms with Crippen LogP contribution in [0.2, 0.25) is 0 Å². The topological polar surface area (TPSA) is 98.2 Å². The van der Waals surface area contributed by atoms with Gasteiger partial charge in [0.1, 0.15) is 18.4 Å². The van der Waals surface area contributed by atoms with E-state index in [1.165, 1.54) is 4.90 Å². The summed E-state index contributed by atoms with van der Waals surface area (Å²) in [6.45, 7) is 0.347. The molecule has 7 heteroatoms.